The number of anilines is 2. The van der Waals surface area contributed by atoms with Crippen LogP contribution in [0.1, 0.15) is 11.6 Å². The van der Waals surface area contributed by atoms with Crippen LogP contribution in [0.2, 0.25) is 0 Å². The van der Waals surface area contributed by atoms with Gasteiger partial charge >= 0.3 is 0 Å². The standard InChI is InChI=1S/C16H22N6O2.2ClH/c1-17-15(12-9-19-21(2)11-12)16(23)20-13-3-4-14(18-10-13)22-5-7-24-8-6-22;;/h3-4,9-11,15,17H,5-8H2,1-2H3,(H,20,23);2*1H. The lowest BCUT2D eigenvalue weighted by Crippen LogP contribution is -2.36. The van der Waals surface area contributed by atoms with Crippen LogP contribution in [0.4, 0.5) is 11.5 Å². The molecular weight excluding hydrogens is 379 g/mol. The van der Waals surface area contributed by atoms with Crippen LogP contribution in [0, 0.1) is 0 Å². The predicted octanol–water partition coefficient (Wildman–Crippen LogP) is 1.39. The molecule has 1 aliphatic heterocycles. The number of nitrogens with zero attached hydrogens (tertiary/aromatic N) is 4. The van der Waals surface area contributed by atoms with Crippen molar-refractivity contribution >= 4 is 42.2 Å². The first-order valence-electron chi connectivity index (χ1n) is 7.93. The second-order valence-corrected chi connectivity index (χ2v) is 5.66. The Balaban J connectivity index is 0.00000169. The van der Waals surface area contributed by atoms with Crippen molar-refractivity contribution in [3.8, 4) is 0 Å². The van der Waals surface area contributed by atoms with Crippen molar-refractivity contribution in [2.75, 3.05) is 43.6 Å². The highest BCUT2D eigenvalue weighted by Gasteiger charge is 2.20. The van der Waals surface area contributed by atoms with Crippen molar-refractivity contribution in [2.45, 2.75) is 6.04 Å². The average Bonchev–Trinajstić information content (AvgIpc) is 3.03. The van der Waals surface area contributed by atoms with Gasteiger partial charge in [0.2, 0.25) is 5.91 Å². The molecule has 0 saturated carbocycles. The first-order chi connectivity index (χ1) is 11.7. The number of likely N-dealkylation sites (N-methyl/N-ethyl adjacent to an activating group) is 1. The zero-order valence-electron chi connectivity index (χ0n) is 14.7. The van der Waals surface area contributed by atoms with Gasteiger partial charge < -0.3 is 20.3 Å². The number of ether oxygens (including phenoxy) is 1. The lowest BCUT2D eigenvalue weighted by Gasteiger charge is -2.27. The molecule has 1 atom stereocenters. The first-order valence-corrected chi connectivity index (χ1v) is 7.93. The fourth-order valence-corrected chi connectivity index (χ4v) is 2.69. The summed E-state index contributed by atoms with van der Waals surface area (Å²) in [5.41, 5.74) is 1.48. The van der Waals surface area contributed by atoms with E-state index in [0.717, 1.165) is 37.7 Å². The van der Waals surface area contributed by atoms with Crippen LogP contribution in [-0.4, -0.2) is 54.0 Å². The van der Waals surface area contributed by atoms with Crippen LogP contribution in [-0.2, 0) is 16.6 Å². The van der Waals surface area contributed by atoms with E-state index < -0.39 is 6.04 Å². The van der Waals surface area contributed by atoms with Crippen molar-refractivity contribution < 1.29 is 9.53 Å². The molecule has 2 aromatic heterocycles. The molecule has 2 aromatic rings. The number of rotatable bonds is 5. The highest BCUT2D eigenvalue weighted by Crippen LogP contribution is 2.18. The smallest absolute Gasteiger partial charge is 0.246 e. The topological polar surface area (TPSA) is 84.3 Å². The Kier molecular flexibility index (Phi) is 8.80. The second kappa shape index (κ2) is 10.3. The van der Waals surface area contributed by atoms with Gasteiger partial charge in [-0.05, 0) is 19.2 Å². The Labute approximate surface area is 165 Å². The van der Waals surface area contributed by atoms with E-state index >= 15 is 0 Å². The molecule has 1 saturated heterocycles. The molecule has 3 heterocycles. The lowest BCUT2D eigenvalue weighted by molar-refractivity contribution is -0.118. The Morgan fingerprint density at radius 1 is 1.23 bits per heavy atom. The SMILES string of the molecule is CNC(C(=O)Nc1ccc(N2CCOCC2)nc1)c1cnn(C)c1.Cl.Cl. The van der Waals surface area contributed by atoms with E-state index in [1.807, 2.05) is 25.4 Å². The van der Waals surface area contributed by atoms with E-state index in [0.29, 0.717) is 5.69 Å². The Morgan fingerprint density at radius 3 is 2.50 bits per heavy atom. The fraction of sp³-hybridized carbons (Fsp3) is 0.438. The molecule has 3 rings (SSSR count). The highest BCUT2D eigenvalue weighted by molar-refractivity contribution is 5.95. The summed E-state index contributed by atoms with van der Waals surface area (Å²) in [6.45, 7) is 3.10. The fourth-order valence-electron chi connectivity index (χ4n) is 2.69. The van der Waals surface area contributed by atoms with Crippen LogP contribution in [0.3, 0.4) is 0 Å². The predicted molar refractivity (Wildman–Crippen MR) is 105 cm³/mol. The zero-order chi connectivity index (χ0) is 16.9. The number of aromatic nitrogens is 3. The summed E-state index contributed by atoms with van der Waals surface area (Å²) in [5, 5.41) is 10.0. The third-order valence-corrected chi connectivity index (χ3v) is 3.96. The molecule has 0 radical (unpaired) electrons. The molecule has 1 amide bonds. The zero-order valence-corrected chi connectivity index (χ0v) is 16.3. The number of halogens is 2. The molecule has 10 heteroatoms. The summed E-state index contributed by atoms with van der Waals surface area (Å²) in [6, 6.07) is 3.32. The van der Waals surface area contributed by atoms with Gasteiger partial charge in [0, 0.05) is 31.9 Å². The van der Waals surface area contributed by atoms with Crippen LogP contribution >= 0.6 is 24.8 Å². The number of hydrogen-bond donors (Lipinski definition) is 2. The summed E-state index contributed by atoms with van der Waals surface area (Å²) in [6.07, 6.45) is 5.18. The molecule has 1 aliphatic rings. The minimum atomic E-state index is -0.461. The van der Waals surface area contributed by atoms with Gasteiger partial charge in [-0.3, -0.25) is 9.48 Å². The van der Waals surface area contributed by atoms with Gasteiger partial charge in [-0.15, -0.1) is 24.8 Å². The average molecular weight is 403 g/mol. The number of carbonyl (C=O) groups excluding carboxylic acids is 1. The quantitative estimate of drug-likeness (QED) is 0.785. The number of nitrogens with one attached hydrogen (secondary N) is 2. The van der Waals surface area contributed by atoms with Crippen LogP contribution < -0.4 is 15.5 Å². The largest absolute Gasteiger partial charge is 0.378 e. The van der Waals surface area contributed by atoms with Crippen LogP contribution in [0.25, 0.3) is 0 Å². The third-order valence-electron chi connectivity index (χ3n) is 3.96. The van der Waals surface area contributed by atoms with E-state index in [4.69, 9.17) is 4.74 Å². The van der Waals surface area contributed by atoms with Crippen LogP contribution in [0.15, 0.2) is 30.7 Å². The van der Waals surface area contributed by atoms with Crippen molar-refractivity contribution in [2.24, 2.45) is 7.05 Å². The van der Waals surface area contributed by atoms with Gasteiger partial charge in [0.25, 0.3) is 0 Å². The number of hydrogen-bond acceptors (Lipinski definition) is 6. The van der Waals surface area contributed by atoms with E-state index in [2.05, 4.69) is 25.6 Å². The Morgan fingerprint density at radius 2 is 1.96 bits per heavy atom. The first kappa shape index (κ1) is 22.2. The lowest BCUT2D eigenvalue weighted by atomic mass is 10.1. The molecule has 0 aromatic carbocycles. The molecule has 8 nitrogen and oxygen atoms in total. The molecule has 26 heavy (non-hydrogen) atoms. The molecule has 0 spiro atoms. The van der Waals surface area contributed by atoms with Gasteiger partial charge in [-0.2, -0.15) is 5.10 Å². The Hall–Kier alpha value is -1.87. The number of pyridine rings is 1. The minimum absolute atomic E-state index is 0. The minimum Gasteiger partial charge on any atom is -0.378 e. The number of aryl methyl sites for hydroxylation is 1. The van der Waals surface area contributed by atoms with E-state index in [9.17, 15) is 4.79 Å². The van der Waals surface area contributed by atoms with Gasteiger partial charge in [0.15, 0.2) is 0 Å². The van der Waals surface area contributed by atoms with Gasteiger partial charge in [-0.25, -0.2) is 4.98 Å². The second-order valence-electron chi connectivity index (χ2n) is 5.66. The maximum absolute atomic E-state index is 12.5. The maximum Gasteiger partial charge on any atom is 0.246 e. The summed E-state index contributed by atoms with van der Waals surface area (Å²) in [4.78, 5) is 19.1. The molecule has 2 N–H and O–H groups in total. The summed E-state index contributed by atoms with van der Waals surface area (Å²) >= 11 is 0. The summed E-state index contributed by atoms with van der Waals surface area (Å²) in [7, 11) is 3.57. The van der Waals surface area contributed by atoms with Gasteiger partial charge in [0.1, 0.15) is 11.9 Å². The molecule has 1 fully saturated rings. The highest BCUT2D eigenvalue weighted by atomic mass is 35.5. The molecular formula is C16H24Cl2N6O2. The number of carbonyl (C=O) groups is 1. The van der Waals surface area contributed by atoms with E-state index in [1.165, 1.54) is 0 Å². The molecule has 1 unspecified atom stereocenters. The molecule has 0 bridgehead atoms. The van der Waals surface area contributed by atoms with Crippen molar-refractivity contribution in [3.63, 3.8) is 0 Å². The number of morpholine rings is 1. The maximum atomic E-state index is 12.5. The summed E-state index contributed by atoms with van der Waals surface area (Å²) in [5.74, 6) is 0.750. The molecule has 0 aliphatic carbocycles. The van der Waals surface area contributed by atoms with Gasteiger partial charge in [0.05, 0.1) is 31.3 Å². The van der Waals surface area contributed by atoms with Crippen molar-refractivity contribution in [3.05, 3.63) is 36.3 Å². The monoisotopic (exact) mass is 402 g/mol. The van der Waals surface area contributed by atoms with Crippen molar-refractivity contribution in [1.29, 1.82) is 0 Å². The van der Waals surface area contributed by atoms with E-state index in [1.54, 1.807) is 24.1 Å². The number of amides is 1. The van der Waals surface area contributed by atoms with Gasteiger partial charge in [-0.1, -0.05) is 0 Å². The Bertz CT molecular complexity index is 688. The van der Waals surface area contributed by atoms with Crippen molar-refractivity contribution in [1.82, 2.24) is 20.1 Å². The van der Waals surface area contributed by atoms with Crippen LogP contribution in [0.5, 0.6) is 0 Å². The normalized spacial score (nSPS) is 14.8. The molecule has 144 valence electrons. The van der Waals surface area contributed by atoms with E-state index in [-0.39, 0.29) is 30.7 Å². The summed E-state index contributed by atoms with van der Waals surface area (Å²) < 4.78 is 7.01. The third kappa shape index (κ3) is 5.31.